The van der Waals surface area contributed by atoms with E-state index >= 15 is 0 Å². The summed E-state index contributed by atoms with van der Waals surface area (Å²) in [6, 6.07) is 8.96. The summed E-state index contributed by atoms with van der Waals surface area (Å²) in [7, 11) is 0. The maximum absolute atomic E-state index is 5.37. The monoisotopic (exact) mass is 195 g/mol. The number of aliphatic imine (C=N–C) groups is 1. The molecule has 0 fully saturated rings. The summed E-state index contributed by atoms with van der Waals surface area (Å²) in [6.07, 6.45) is 0. The summed E-state index contributed by atoms with van der Waals surface area (Å²) in [5.74, 6) is 0.597. The number of amidine groups is 1. The van der Waals surface area contributed by atoms with E-state index in [-0.39, 0.29) is 11.1 Å². The number of hydrogen-bond acceptors (Lipinski definition) is 2. The van der Waals surface area contributed by atoms with Crippen molar-refractivity contribution in [2.24, 2.45) is 16.5 Å². The van der Waals surface area contributed by atoms with Crippen molar-refractivity contribution in [2.75, 3.05) is 0 Å². The van der Waals surface area contributed by atoms with E-state index < -0.39 is 0 Å². The van der Waals surface area contributed by atoms with Gasteiger partial charge < -0.3 is 16.2 Å². The molecular formula is C8H9N3OS. The van der Waals surface area contributed by atoms with Crippen LogP contribution in [-0.4, -0.2) is 11.1 Å². The van der Waals surface area contributed by atoms with Crippen LogP contribution in [0.4, 0.5) is 0 Å². The van der Waals surface area contributed by atoms with Crippen molar-refractivity contribution in [1.82, 2.24) is 0 Å². The Hall–Kier alpha value is -1.62. The van der Waals surface area contributed by atoms with Gasteiger partial charge in [0.2, 0.25) is 0 Å². The van der Waals surface area contributed by atoms with Crippen molar-refractivity contribution in [1.29, 1.82) is 0 Å². The van der Waals surface area contributed by atoms with Crippen LogP contribution < -0.4 is 16.2 Å². The topological polar surface area (TPSA) is 73.6 Å². The van der Waals surface area contributed by atoms with Crippen molar-refractivity contribution in [3.05, 3.63) is 30.3 Å². The van der Waals surface area contributed by atoms with Crippen LogP contribution in [-0.2, 0) is 0 Å². The maximum atomic E-state index is 5.37. The Balaban J connectivity index is 2.65. The third-order valence-corrected chi connectivity index (χ3v) is 1.28. The summed E-state index contributed by atoms with van der Waals surface area (Å²) in [6.45, 7) is 0. The van der Waals surface area contributed by atoms with Crippen LogP contribution >= 0.6 is 12.2 Å². The molecule has 5 heteroatoms. The van der Waals surface area contributed by atoms with Crippen LogP contribution in [0.2, 0.25) is 0 Å². The van der Waals surface area contributed by atoms with Crippen LogP contribution in [0.15, 0.2) is 35.3 Å². The number of ether oxygens (including phenoxy) is 1. The lowest BCUT2D eigenvalue weighted by Gasteiger charge is -2.02. The van der Waals surface area contributed by atoms with Gasteiger partial charge in [0.05, 0.1) is 0 Å². The number of nitrogens with two attached hydrogens (primary N) is 2. The average molecular weight is 195 g/mol. The van der Waals surface area contributed by atoms with E-state index in [4.69, 9.17) is 16.2 Å². The minimum atomic E-state index is -0.0568. The highest BCUT2D eigenvalue weighted by atomic mass is 32.1. The minimum absolute atomic E-state index is 0.0477. The van der Waals surface area contributed by atoms with E-state index in [1.165, 1.54) is 0 Å². The highest BCUT2D eigenvalue weighted by molar-refractivity contribution is 7.80. The van der Waals surface area contributed by atoms with Gasteiger partial charge >= 0.3 is 0 Å². The van der Waals surface area contributed by atoms with E-state index in [1.807, 2.05) is 18.2 Å². The molecule has 0 aliphatic carbocycles. The number of benzene rings is 1. The molecule has 0 atom stereocenters. The molecule has 0 spiro atoms. The van der Waals surface area contributed by atoms with Gasteiger partial charge in [-0.25, -0.2) is 0 Å². The molecule has 0 aliphatic rings. The second-order valence-electron chi connectivity index (χ2n) is 2.20. The van der Waals surface area contributed by atoms with E-state index in [2.05, 4.69) is 17.2 Å². The number of hydrogen-bond donors (Lipinski definition) is 2. The van der Waals surface area contributed by atoms with Gasteiger partial charge in [0.15, 0.2) is 5.11 Å². The Morgan fingerprint density at radius 3 is 2.38 bits per heavy atom. The predicted molar refractivity (Wildman–Crippen MR) is 55.5 cm³/mol. The van der Waals surface area contributed by atoms with Crippen molar-refractivity contribution in [3.8, 4) is 5.75 Å². The fraction of sp³-hybridized carbons (Fsp3) is 0. The third-order valence-electron chi connectivity index (χ3n) is 1.19. The Morgan fingerprint density at radius 2 is 1.85 bits per heavy atom. The summed E-state index contributed by atoms with van der Waals surface area (Å²) < 4.78 is 5.09. The zero-order valence-electron chi connectivity index (χ0n) is 6.81. The van der Waals surface area contributed by atoms with Crippen LogP contribution in [0, 0.1) is 0 Å². The second kappa shape index (κ2) is 4.42. The van der Waals surface area contributed by atoms with Gasteiger partial charge in [-0.3, -0.25) is 0 Å². The molecule has 13 heavy (non-hydrogen) atoms. The normalized spacial score (nSPS) is 10.9. The van der Waals surface area contributed by atoms with Crippen molar-refractivity contribution in [2.45, 2.75) is 0 Å². The smallest absolute Gasteiger partial charge is 0.294 e. The van der Waals surface area contributed by atoms with Crippen LogP contribution in [0.25, 0.3) is 0 Å². The molecule has 1 aromatic carbocycles. The van der Waals surface area contributed by atoms with Crippen molar-refractivity contribution >= 4 is 23.4 Å². The number of thiocarbonyl (C=S) groups is 1. The van der Waals surface area contributed by atoms with Gasteiger partial charge in [-0.15, -0.1) is 0 Å². The molecule has 0 aromatic heterocycles. The lowest BCUT2D eigenvalue weighted by Crippen LogP contribution is -2.23. The van der Waals surface area contributed by atoms with Gasteiger partial charge in [0, 0.05) is 0 Å². The van der Waals surface area contributed by atoms with E-state index in [9.17, 15) is 0 Å². The quantitative estimate of drug-likeness (QED) is 0.391. The largest absolute Gasteiger partial charge is 0.426 e. The Morgan fingerprint density at radius 1 is 1.23 bits per heavy atom. The molecule has 68 valence electrons. The van der Waals surface area contributed by atoms with Crippen molar-refractivity contribution < 1.29 is 4.74 Å². The summed E-state index contributed by atoms with van der Waals surface area (Å²) in [5.41, 5.74) is 10.5. The highest BCUT2D eigenvalue weighted by Gasteiger charge is 1.95. The van der Waals surface area contributed by atoms with Gasteiger partial charge in [0.25, 0.3) is 6.02 Å². The molecule has 1 aromatic rings. The number of para-hydroxylation sites is 1. The average Bonchev–Trinajstić information content (AvgIpc) is 2.04. The van der Waals surface area contributed by atoms with Gasteiger partial charge in [-0.1, -0.05) is 18.2 Å². The molecular weight excluding hydrogens is 186 g/mol. The fourth-order valence-corrected chi connectivity index (χ4v) is 0.831. The Bertz CT molecular complexity index is 323. The van der Waals surface area contributed by atoms with Crippen LogP contribution in [0.3, 0.4) is 0 Å². The fourth-order valence-electron chi connectivity index (χ4n) is 0.741. The third kappa shape index (κ3) is 3.53. The molecule has 0 radical (unpaired) electrons. The number of nitrogens with zero attached hydrogens (tertiary/aromatic N) is 1. The first-order valence-electron chi connectivity index (χ1n) is 3.55. The lowest BCUT2D eigenvalue weighted by molar-refractivity contribution is 0.544. The summed E-state index contributed by atoms with van der Waals surface area (Å²) in [4.78, 5) is 3.55. The molecule has 0 aliphatic heterocycles. The second-order valence-corrected chi connectivity index (χ2v) is 2.62. The molecule has 4 nitrogen and oxygen atoms in total. The SMILES string of the molecule is NC(=S)/N=C(\N)Oc1ccccc1. The standard InChI is InChI=1S/C8H9N3OS/c9-7(11-8(10)13)12-6-4-2-1-3-5-6/h1-5H,(H4,9,10,11,13). The minimum Gasteiger partial charge on any atom is -0.426 e. The zero-order valence-corrected chi connectivity index (χ0v) is 7.62. The molecule has 0 unspecified atom stereocenters. The van der Waals surface area contributed by atoms with Gasteiger partial charge in [-0.2, -0.15) is 4.99 Å². The maximum Gasteiger partial charge on any atom is 0.294 e. The molecule has 4 N–H and O–H groups in total. The number of rotatable bonds is 1. The highest BCUT2D eigenvalue weighted by Crippen LogP contribution is 2.07. The summed E-state index contributed by atoms with van der Waals surface area (Å²) in [5, 5.41) is -0.0477. The molecule has 0 heterocycles. The summed E-state index contributed by atoms with van der Waals surface area (Å²) >= 11 is 4.52. The first kappa shape index (κ1) is 9.47. The van der Waals surface area contributed by atoms with Crippen LogP contribution in [0.5, 0.6) is 5.75 Å². The van der Waals surface area contributed by atoms with Crippen LogP contribution in [0.1, 0.15) is 0 Å². The Kier molecular flexibility index (Phi) is 3.22. The molecule has 0 saturated carbocycles. The Labute approximate surface area is 81.2 Å². The van der Waals surface area contributed by atoms with Crippen molar-refractivity contribution in [3.63, 3.8) is 0 Å². The first-order valence-corrected chi connectivity index (χ1v) is 3.96. The van der Waals surface area contributed by atoms with E-state index in [1.54, 1.807) is 12.1 Å². The zero-order chi connectivity index (χ0) is 9.68. The van der Waals surface area contributed by atoms with Gasteiger partial charge in [0.1, 0.15) is 5.75 Å². The van der Waals surface area contributed by atoms with E-state index in [0.717, 1.165) is 0 Å². The molecule has 0 amide bonds. The van der Waals surface area contributed by atoms with E-state index in [0.29, 0.717) is 5.75 Å². The molecule has 1 rings (SSSR count). The molecule has 0 saturated heterocycles. The predicted octanol–water partition coefficient (Wildman–Crippen LogP) is 0.624. The van der Waals surface area contributed by atoms with Gasteiger partial charge in [-0.05, 0) is 24.4 Å². The molecule has 0 bridgehead atoms. The lowest BCUT2D eigenvalue weighted by atomic mass is 10.3. The first-order chi connectivity index (χ1) is 6.18.